The molecule has 0 aliphatic carbocycles. The molecule has 0 N–H and O–H groups in total. The fourth-order valence-corrected chi connectivity index (χ4v) is 6.84. The van der Waals surface area contributed by atoms with Crippen LogP contribution in [0.2, 0.25) is 5.02 Å². The van der Waals surface area contributed by atoms with E-state index < -0.39 is 9.84 Å². The number of benzene rings is 1. The van der Waals surface area contributed by atoms with Crippen molar-refractivity contribution in [3.63, 3.8) is 0 Å². The van der Waals surface area contributed by atoms with Crippen molar-refractivity contribution in [2.24, 2.45) is 5.92 Å². The highest BCUT2D eigenvalue weighted by Crippen LogP contribution is 2.31. The van der Waals surface area contributed by atoms with Gasteiger partial charge < -0.3 is 4.90 Å². The Morgan fingerprint density at radius 1 is 1.31 bits per heavy atom. The molecule has 2 aromatic heterocycles. The van der Waals surface area contributed by atoms with E-state index in [1.165, 1.54) is 22.2 Å². The van der Waals surface area contributed by atoms with Gasteiger partial charge in [0.15, 0.2) is 9.84 Å². The summed E-state index contributed by atoms with van der Waals surface area (Å²) in [5.41, 5.74) is 1.23. The van der Waals surface area contributed by atoms with E-state index in [4.69, 9.17) is 11.6 Å². The van der Waals surface area contributed by atoms with E-state index in [2.05, 4.69) is 4.98 Å². The molecule has 1 aliphatic rings. The van der Waals surface area contributed by atoms with E-state index in [0.717, 1.165) is 10.4 Å². The summed E-state index contributed by atoms with van der Waals surface area (Å²) in [6.07, 6.45) is 1.82. The number of hydrogen-bond acceptors (Lipinski definition) is 6. The third-order valence-corrected chi connectivity index (χ3v) is 8.63. The van der Waals surface area contributed by atoms with Gasteiger partial charge in [0.1, 0.15) is 11.2 Å². The fraction of sp³-hybridized carbons (Fsp3) is 0.409. The predicted octanol–water partition coefficient (Wildman–Crippen LogP) is 3.45. The van der Waals surface area contributed by atoms with Crippen molar-refractivity contribution >= 4 is 48.9 Å². The molecule has 1 saturated heterocycles. The van der Waals surface area contributed by atoms with Gasteiger partial charge in [0.05, 0.1) is 23.3 Å². The number of rotatable bonds is 6. The Bertz CT molecular complexity index is 1310. The summed E-state index contributed by atoms with van der Waals surface area (Å²) in [7, 11) is -3.13. The summed E-state index contributed by atoms with van der Waals surface area (Å²) in [6, 6.07) is 8.85. The second kappa shape index (κ2) is 8.96. The predicted molar refractivity (Wildman–Crippen MR) is 128 cm³/mol. The quantitative estimate of drug-likeness (QED) is 0.524. The molecule has 4 rings (SSSR count). The number of carbonyl (C=O) groups excluding carboxylic acids is 1. The molecule has 1 aromatic carbocycles. The van der Waals surface area contributed by atoms with Crippen molar-refractivity contribution in [1.82, 2.24) is 14.5 Å². The first-order valence-corrected chi connectivity index (χ1v) is 13.4. The largest absolute Gasteiger partial charge is 0.337 e. The van der Waals surface area contributed by atoms with Gasteiger partial charge in [0.25, 0.3) is 5.56 Å². The molecule has 3 aromatic rings. The van der Waals surface area contributed by atoms with E-state index in [1.54, 1.807) is 17.0 Å². The SMILES string of the molecule is CC(C)CN(C(=O)Cn1cnc2cc(-c3ccc(Cl)cc3)sc2c1=O)C1CCS(=O)(=O)C1. The zero-order valence-corrected chi connectivity index (χ0v) is 20.2. The summed E-state index contributed by atoms with van der Waals surface area (Å²) < 4.78 is 25.7. The molecule has 1 atom stereocenters. The van der Waals surface area contributed by atoms with Crippen molar-refractivity contribution < 1.29 is 13.2 Å². The molecule has 0 spiro atoms. The maximum absolute atomic E-state index is 13.1. The van der Waals surface area contributed by atoms with Gasteiger partial charge in [-0.1, -0.05) is 37.6 Å². The highest BCUT2D eigenvalue weighted by atomic mass is 35.5. The Labute approximate surface area is 195 Å². The van der Waals surface area contributed by atoms with Crippen LogP contribution in [-0.2, 0) is 21.2 Å². The number of amides is 1. The van der Waals surface area contributed by atoms with Crippen molar-refractivity contribution in [3.8, 4) is 10.4 Å². The van der Waals surface area contributed by atoms with Crippen molar-refractivity contribution in [1.29, 1.82) is 0 Å². The van der Waals surface area contributed by atoms with E-state index in [1.807, 2.05) is 32.0 Å². The third-order valence-electron chi connectivity index (χ3n) is 5.47. The van der Waals surface area contributed by atoms with Crippen LogP contribution in [0.3, 0.4) is 0 Å². The molecule has 1 unspecified atom stereocenters. The number of sulfone groups is 1. The smallest absolute Gasteiger partial charge is 0.271 e. The lowest BCUT2D eigenvalue weighted by molar-refractivity contribution is -0.134. The van der Waals surface area contributed by atoms with Crippen LogP contribution < -0.4 is 5.56 Å². The molecule has 1 fully saturated rings. The standard InChI is InChI=1S/C22H24ClN3O4S2/c1-14(2)10-26(17-7-8-32(29,30)12-17)20(27)11-25-13-24-18-9-19(31-21(18)22(25)28)15-3-5-16(23)6-4-15/h3-6,9,13-14,17H,7-8,10-12H2,1-2H3. The first-order chi connectivity index (χ1) is 15.1. The molecular weight excluding hydrogens is 470 g/mol. The Balaban J connectivity index is 1.61. The Kier molecular flexibility index (Phi) is 6.42. The monoisotopic (exact) mass is 493 g/mol. The van der Waals surface area contributed by atoms with Crippen LogP contribution in [0.1, 0.15) is 20.3 Å². The van der Waals surface area contributed by atoms with E-state index in [9.17, 15) is 18.0 Å². The number of nitrogens with zero attached hydrogens (tertiary/aromatic N) is 3. The van der Waals surface area contributed by atoms with Gasteiger partial charge >= 0.3 is 0 Å². The highest BCUT2D eigenvalue weighted by Gasteiger charge is 2.35. The normalized spacial score (nSPS) is 17.8. The molecule has 0 saturated carbocycles. The second-order valence-corrected chi connectivity index (χ2v) is 12.2. The summed E-state index contributed by atoms with van der Waals surface area (Å²) in [5, 5.41) is 0.634. The molecular formula is C22H24ClN3O4S2. The van der Waals surface area contributed by atoms with Crippen LogP contribution in [-0.4, -0.2) is 52.9 Å². The van der Waals surface area contributed by atoms with Crippen LogP contribution >= 0.6 is 22.9 Å². The van der Waals surface area contributed by atoms with Crippen LogP contribution in [0.25, 0.3) is 20.7 Å². The molecule has 0 bridgehead atoms. The van der Waals surface area contributed by atoms with Crippen molar-refractivity contribution in [2.45, 2.75) is 32.9 Å². The fourth-order valence-electron chi connectivity index (χ4n) is 3.92. The summed E-state index contributed by atoms with van der Waals surface area (Å²) in [5.74, 6) is -0.0137. The molecule has 170 valence electrons. The summed E-state index contributed by atoms with van der Waals surface area (Å²) >= 11 is 7.29. The molecule has 0 radical (unpaired) electrons. The second-order valence-electron chi connectivity index (χ2n) is 8.51. The highest BCUT2D eigenvalue weighted by molar-refractivity contribution is 7.91. The van der Waals surface area contributed by atoms with Crippen molar-refractivity contribution in [3.05, 3.63) is 52.0 Å². The average molecular weight is 494 g/mol. The van der Waals surface area contributed by atoms with Crippen LogP contribution in [0.15, 0.2) is 41.5 Å². The van der Waals surface area contributed by atoms with Gasteiger partial charge in [0.2, 0.25) is 5.91 Å². The summed E-state index contributed by atoms with van der Waals surface area (Å²) in [4.78, 5) is 33.1. The average Bonchev–Trinajstić information content (AvgIpc) is 3.32. The van der Waals surface area contributed by atoms with Crippen molar-refractivity contribution in [2.75, 3.05) is 18.1 Å². The van der Waals surface area contributed by atoms with Crippen LogP contribution in [0, 0.1) is 5.92 Å². The maximum atomic E-state index is 13.1. The lowest BCUT2D eigenvalue weighted by Crippen LogP contribution is -2.45. The molecule has 7 nitrogen and oxygen atoms in total. The Hall–Kier alpha value is -2.23. The zero-order valence-electron chi connectivity index (χ0n) is 17.8. The maximum Gasteiger partial charge on any atom is 0.271 e. The number of aromatic nitrogens is 2. The molecule has 32 heavy (non-hydrogen) atoms. The number of carbonyl (C=O) groups is 1. The van der Waals surface area contributed by atoms with Crippen LogP contribution in [0.4, 0.5) is 0 Å². The van der Waals surface area contributed by atoms with Gasteiger partial charge in [-0.05, 0) is 36.1 Å². The topological polar surface area (TPSA) is 89.3 Å². The number of thiophene rings is 1. The number of halogens is 1. The van der Waals surface area contributed by atoms with E-state index >= 15 is 0 Å². The number of fused-ring (bicyclic) bond motifs is 1. The third kappa shape index (κ3) is 4.89. The van der Waals surface area contributed by atoms with Gasteiger partial charge in [-0.3, -0.25) is 14.2 Å². The van der Waals surface area contributed by atoms with E-state index in [-0.39, 0.29) is 41.5 Å². The Morgan fingerprint density at radius 3 is 2.66 bits per heavy atom. The molecule has 1 amide bonds. The minimum absolute atomic E-state index is 0.0208. The lowest BCUT2D eigenvalue weighted by Gasteiger charge is -2.30. The minimum atomic E-state index is -3.13. The Morgan fingerprint density at radius 2 is 2.03 bits per heavy atom. The van der Waals surface area contributed by atoms with Gasteiger partial charge in [-0.2, -0.15) is 0 Å². The lowest BCUT2D eigenvalue weighted by atomic mass is 10.1. The molecule has 3 heterocycles. The zero-order chi connectivity index (χ0) is 23.0. The van der Waals surface area contributed by atoms with E-state index in [0.29, 0.717) is 28.2 Å². The first-order valence-electron chi connectivity index (χ1n) is 10.4. The summed E-state index contributed by atoms with van der Waals surface area (Å²) in [6.45, 7) is 4.24. The van der Waals surface area contributed by atoms with Gasteiger partial charge in [0, 0.05) is 22.5 Å². The first kappa shape index (κ1) is 22.9. The molecule has 1 aliphatic heterocycles. The van der Waals surface area contributed by atoms with Gasteiger partial charge in [-0.15, -0.1) is 11.3 Å². The van der Waals surface area contributed by atoms with Gasteiger partial charge in [-0.25, -0.2) is 13.4 Å². The molecule has 10 heteroatoms. The minimum Gasteiger partial charge on any atom is -0.337 e. The van der Waals surface area contributed by atoms with Crippen LogP contribution in [0.5, 0.6) is 0 Å². The number of hydrogen-bond donors (Lipinski definition) is 0.